The van der Waals surface area contributed by atoms with Crippen molar-refractivity contribution in [3.8, 4) is 11.5 Å². The van der Waals surface area contributed by atoms with E-state index in [4.69, 9.17) is 9.47 Å². The van der Waals surface area contributed by atoms with Crippen molar-refractivity contribution in [2.45, 2.75) is 19.5 Å². The summed E-state index contributed by atoms with van der Waals surface area (Å²) in [6.45, 7) is 2.92. The maximum absolute atomic E-state index is 5.39. The Bertz CT molecular complexity index is 888. The van der Waals surface area contributed by atoms with E-state index in [2.05, 4.69) is 44.9 Å². The van der Waals surface area contributed by atoms with E-state index in [1.807, 2.05) is 36.4 Å². The predicted octanol–water partition coefficient (Wildman–Crippen LogP) is 3.39. The lowest BCUT2D eigenvalue weighted by Gasteiger charge is -2.15. The van der Waals surface area contributed by atoms with Gasteiger partial charge in [-0.3, -0.25) is 0 Å². The van der Waals surface area contributed by atoms with Crippen LogP contribution < -0.4 is 20.1 Å². The van der Waals surface area contributed by atoms with Gasteiger partial charge in [-0.2, -0.15) is 10.1 Å². The summed E-state index contributed by atoms with van der Waals surface area (Å²) >= 11 is 0. The van der Waals surface area contributed by atoms with Crippen molar-refractivity contribution in [2.24, 2.45) is 0 Å². The van der Waals surface area contributed by atoms with Gasteiger partial charge in [0.15, 0.2) is 17.3 Å². The normalized spacial score (nSPS) is 13.3. The summed E-state index contributed by atoms with van der Waals surface area (Å²) in [5.41, 5.74) is 2.23. The van der Waals surface area contributed by atoms with Crippen molar-refractivity contribution in [3.63, 3.8) is 0 Å². The summed E-state index contributed by atoms with van der Waals surface area (Å²) < 4.78 is 10.7. The average molecular weight is 349 g/mol. The van der Waals surface area contributed by atoms with Crippen molar-refractivity contribution in [1.82, 2.24) is 15.2 Å². The van der Waals surface area contributed by atoms with Crippen molar-refractivity contribution in [3.05, 3.63) is 65.9 Å². The first-order valence-electron chi connectivity index (χ1n) is 8.41. The fraction of sp³-hybridized carbons (Fsp3) is 0.211. The quantitative estimate of drug-likeness (QED) is 0.706. The lowest BCUT2D eigenvalue weighted by atomic mass is 10.1. The minimum atomic E-state index is 0.120. The van der Waals surface area contributed by atoms with Crippen LogP contribution in [0.4, 0.5) is 11.8 Å². The smallest absolute Gasteiger partial charge is 0.244 e. The van der Waals surface area contributed by atoms with Crippen LogP contribution in [0.15, 0.2) is 54.7 Å². The van der Waals surface area contributed by atoms with Gasteiger partial charge in [-0.15, -0.1) is 5.10 Å². The maximum Gasteiger partial charge on any atom is 0.244 e. The van der Waals surface area contributed by atoms with E-state index < -0.39 is 0 Å². The first-order chi connectivity index (χ1) is 12.8. The van der Waals surface area contributed by atoms with Crippen molar-refractivity contribution in [1.29, 1.82) is 0 Å². The molecule has 0 radical (unpaired) electrons. The van der Waals surface area contributed by atoms with E-state index in [0.29, 0.717) is 18.3 Å². The second kappa shape index (κ2) is 7.26. The van der Waals surface area contributed by atoms with Crippen LogP contribution in [-0.2, 0) is 6.54 Å². The zero-order chi connectivity index (χ0) is 17.8. The number of benzene rings is 2. The molecule has 2 aromatic carbocycles. The van der Waals surface area contributed by atoms with Gasteiger partial charge in [-0.25, -0.2) is 0 Å². The number of aromatic nitrogens is 3. The second-order valence-corrected chi connectivity index (χ2v) is 5.98. The van der Waals surface area contributed by atoms with Gasteiger partial charge in [0.25, 0.3) is 0 Å². The van der Waals surface area contributed by atoms with E-state index in [9.17, 15) is 0 Å². The van der Waals surface area contributed by atoms with Crippen molar-refractivity contribution < 1.29 is 9.47 Å². The molecule has 1 aliphatic heterocycles. The Morgan fingerprint density at radius 2 is 1.92 bits per heavy atom. The SMILES string of the molecule is CC(Nc1cnnc(NCc2ccc3c(c2)OCO3)n1)c1ccccc1. The van der Waals surface area contributed by atoms with Crippen LogP contribution in [0.3, 0.4) is 0 Å². The first-order valence-corrected chi connectivity index (χ1v) is 8.41. The van der Waals surface area contributed by atoms with Gasteiger partial charge in [0, 0.05) is 12.6 Å². The van der Waals surface area contributed by atoms with E-state index in [1.54, 1.807) is 6.20 Å². The van der Waals surface area contributed by atoms with Crippen molar-refractivity contribution in [2.75, 3.05) is 17.4 Å². The van der Waals surface area contributed by atoms with Gasteiger partial charge in [0.05, 0.1) is 6.20 Å². The molecule has 0 saturated carbocycles. The molecular weight excluding hydrogens is 330 g/mol. The van der Waals surface area contributed by atoms with Gasteiger partial charge < -0.3 is 20.1 Å². The molecule has 2 heterocycles. The van der Waals surface area contributed by atoms with E-state index in [1.165, 1.54) is 5.56 Å². The first kappa shape index (κ1) is 16.1. The third kappa shape index (κ3) is 3.66. The minimum Gasteiger partial charge on any atom is -0.454 e. The molecule has 1 unspecified atom stereocenters. The number of ether oxygens (including phenoxy) is 2. The third-order valence-electron chi connectivity index (χ3n) is 4.11. The fourth-order valence-electron chi connectivity index (χ4n) is 2.73. The van der Waals surface area contributed by atoms with Gasteiger partial charge in [0.2, 0.25) is 12.7 Å². The molecule has 26 heavy (non-hydrogen) atoms. The number of fused-ring (bicyclic) bond motifs is 1. The summed E-state index contributed by atoms with van der Waals surface area (Å²) in [7, 11) is 0. The fourth-order valence-corrected chi connectivity index (χ4v) is 2.73. The molecular formula is C19H19N5O2. The molecule has 0 amide bonds. The largest absolute Gasteiger partial charge is 0.454 e. The maximum atomic E-state index is 5.39. The third-order valence-corrected chi connectivity index (χ3v) is 4.11. The molecule has 3 aromatic rings. The summed E-state index contributed by atoms with van der Waals surface area (Å²) in [5.74, 6) is 2.67. The molecule has 132 valence electrons. The Kier molecular flexibility index (Phi) is 4.51. The summed E-state index contributed by atoms with van der Waals surface area (Å²) in [6.07, 6.45) is 1.62. The number of rotatable bonds is 6. The number of nitrogens with zero attached hydrogens (tertiary/aromatic N) is 3. The summed E-state index contributed by atoms with van der Waals surface area (Å²) in [5, 5.41) is 14.6. The van der Waals surface area contributed by atoms with Crippen LogP contribution in [0, 0.1) is 0 Å². The highest BCUT2D eigenvalue weighted by Crippen LogP contribution is 2.32. The number of hydrogen-bond donors (Lipinski definition) is 2. The second-order valence-electron chi connectivity index (χ2n) is 5.98. The predicted molar refractivity (Wildman–Crippen MR) is 98.2 cm³/mol. The Hall–Kier alpha value is -3.35. The Labute approximate surface area is 151 Å². The topological polar surface area (TPSA) is 81.2 Å². The van der Waals surface area contributed by atoms with Gasteiger partial charge >= 0.3 is 0 Å². The standard InChI is InChI=1S/C19H19N5O2/c1-13(15-5-3-2-4-6-15)22-18-11-21-24-19(23-18)20-10-14-7-8-16-17(9-14)26-12-25-16/h2-9,11,13H,10,12H2,1H3,(H2,20,22,23,24). The summed E-state index contributed by atoms with van der Waals surface area (Å²) in [6, 6.07) is 16.1. The molecule has 1 aromatic heterocycles. The van der Waals surface area contributed by atoms with Gasteiger partial charge in [-0.1, -0.05) is 36.4 Å². The molecule has 1 atom stereocenters. The molecule has 0 spiro atoms. The highest BCUT2D eigenvalue weighted by molar-refractivity contribution is 5.46. The molecule has 7 nitrogen and oxygen atoms in total. The van der Waals surface area contributed by atoms with E-state index >= 15 is 0 Å². The van der Waals surface area contributed by atoms with Crippen LogP contribution in [0.1, 0.15) is 24.1 Å². The van der Waals surface area contributed by atoms with Crippen LogP contribution in [0.25, 0.3) is 0 Å². The van der Waals surface area contributed by atoms with Crippen LogP contribution >= 0.6 is 0 Å². The van der Waals surface area contributed by atoms with Crippen molar-refractivity contribution >= 4 is 11.8 Å². The Balaban J connectivity index is 1.39. The molecule has 1 aliphatic rings. The van der Waals surface area contributed by atoms with E-state index in [-0.39, 0.29) is 12.8 Å². The number of nitrogens with one attached hydrogen (secondary N) is 2. The number of hydrogen-bond acceptors (Lipinski definition) is 7. The molecule has 0 saturated heterocycles. The Morgan fingerprint density at radius 1 is 1.08 bits per heavy atom. The van der Waals surface area contributed by atoms with Crippen LogP contribution in [0.2, 0.25) is 0 Å². The Morgan fingerprint density at radius 3 is 2.81 bits per heavy atom. The van der Waals surface area contributed by atoms with E-state index in [0.717, 1.165) is 17.1 Å². The lowest BCUT2D eigenvalue weighted by Crippen LogP contribution is -2.11. The highest BCUT2D eigenvalue weighted by Gasteiger charge is 2.13. The zero-order valence-electron chi connectivity index (χ0n) is 14.3. The zero-order valence-corrected chi connectivity index (χ0v) is 14.3. The molecule has 0 bridgehead atoms. The monoisotopic (exact) mass is 349 g/mol. The molecule has 4 rings (SSSR count). The molecule has 7 heteroatoms. The average Bonchev–Trinajstić information content (AvgIpc) is 3.15. The lowest BCUT2D eigenvalue weighted by molar-refractivity contribution is 0.174. The minimum absolute atomic E-state index is 0.120. The highest BCUT2D eigenvalue weighted by atomic mass is 16.7. The molecule has 0 fully saturated rings. The van der Waals surface area contributed by atoms with Gasteiger partial charge in [0.1, 0.15) is 0 Å². The van der Waals surface area contributed by atoms with Gasteiger partial charge in [-0.05, 0) is 30.2 Å². The summed E-state index contributed by atoms with van der Waals surface area (Å²) in [4.78, 5) is 4.47. The molecule has 0 aliphatic carbocycles. The molecule has 2 N–H and O–H groups in total. The van der Waals surface area contributed by atoms with Crippen LogP contribution in [0.5, 0.6) is 11.5 Å². The van der Waals surface area contributed by atoms with Crippen LogP contribution in [-0.4, -0.2) is 22.0 Å². The number of anilines is 2.